The third kappa shape index (κ3) is 3.62. The molecule has 0 spiro atoms. The first-order valence-corrected chi connectivity index (χ1v) is 8.30. The van der Waals surface area contributed by atoms with E-state index < -0.39 is 23.2 Å². The van der Waals surface area contributed by atoms with E-state index in [-0.39, 0.29) is 29.0 Å². The summed E-state index contributed by atoms with van der Waals surface area (Å²) < 4.78 is 10.4. The van der Waals surface area contributed by atoms with Crippen molar-refractivity contribution in [3.8, 4) is 11.5 Å². The van der Waals surface area contributed by atoms with Crippen molar-refractivity contribution in [2.45, 2.75) is 25.9 Å². The summed E-state index contributed by atoms with van der Waals surface area (Å²) in [5, 5.41) is 12.7. The van der Waals surface area contributed by atoms with Gasteiger partial charge in [-0.1, -0.05) is 6.07 Å². The Kier molecular flexibility index (Phi) is 4.61. The van der Waals surface area contributed by atoms with Crippen molar-refractivity contribution in [1.82, 2.24) is 0 Å². The second-order valence-electron chi connectivity index (χ2n) is 6.82. The number of nitrogens with one attached hydrogen (secondary N) is 1. The minimum absolute atomic E-state index is 0.0596. The fourth-order valence-electron chi connectivity index (χ4n) is 2.91. The van der Waals surface area contributed by atoms with Gasteiger partial charge in [-0.3, -0.25) is 9.59 Å². The minimum Gasteiger partial charge on any atom is -0.505 e. The van der Waals surface area contributed by atoms with Crippen molar-refractivity contribution in [3.05, 3.63) is 53.1 Å². The lowest BCUT2D eigenvalue weighted by molar-refractivity contribution is 0.0593. The monoisotopic (exact) mass is 369 g/mol. The molecule has 1 aliphatic rings. The average molecular weight is 369 g/mol. The van der Waals surface area contributed by atoms with Crippen molar-refractivity contribution < 1.29 is 29.0 Å². The Hall–Kier alpha value is -3.35. The van der Waals surface area contributed by atoms with E-state index in [9.17, 15) is 19.5 Å². The van der Waals surface area contributed by atoms with E-state index >= 15 is 0 Å². The molecule has 2 aromatic rings. The number of ether oxygens (including phenoxy) is 2. The number of para-hydroxylation sites is 1. The van der Waals surface area contributed by atoms with E-state index in [1.54, 1.807) is 6.07 Å². The number of ketones is 1. The third-order valence-electron chi connectivity index (χ3n) is 4.20. The lowest BCUT2D eigenvalue weighted by Crippen LogP contribution is -2.36. The first kappa shape index (κ1) is 18.4. The van der Waals surface area contributed by atoms with Crippen LogP contribution in [0.2, 0.25) is 0 Å². The number of esters is 1. The molecule has 7 heteroatoms. The fourth-order valence-corrected chi connectivity index (χ4v) is 2.91. The molecule has 0 aromatic heterocycles. The van der Waals surface area contributed by atoms with Crippen LogP contribution in [0.15, 0.2) is 36.4 Å². The van der Waals surface area contributed by atoms with Crippen molar-refractivity contribution in [2.75, 3.05) is 12.4 Å². The number of anilines is 1. The number of amides is 1. The number of benzene rings is 2. The van der Waals surface area contributed by atoms with E-state index in [1.807, 2.05) is 13.8 Å². The molecule has 1 heterocycles. The van der Waals surface area contributed by atoms with E-state index in [0.29, 0.717) is 11.3 Å². The molecule has 2 aromatic carbocycles. The molecule has 0 fully saturated rings. The molecule has 27 heavy (non-hydrogen) atoms. The molecule has 140 valence electrons. The standard InChI is InChI=1S/C20H19NO6/c1-20(2)10-15(22)13-9-11(7-8-16(13)27-20)18(24)21-14-6-4-5-12(17(14)23)19(25)26-3/h4-9,23H,10H2,1-3H3,(H,21,24). The quantitative estimate of drug-likeness (QED) is 0.636. The van der Waals surface area contributed by atoms with Gasteiger partial charge in [-0.05, 0) is 44.2 Å². The number of methoxy groups -OCH3 is 1. The Labute approximate surface area is 155 Å². The van der Waals surface area contributed by atoms with E-state index in [2.05, 4.69) is 10.1 Å². The van der Waals surface area contributed by atoms with Gasteiger partial charge in [-0.2, -0.15) is 0 Å². The summed E-state index contributed by atoms with van der Waals surface area (Å²) in [6.07, 6.45) is 0.215. The van der Waals surface area contributed by atoms with Crippen molar-refractivity contribution >= 4 is 23.3 Å². The molecule has 1 amide bonds. The van der Waals surface area contributed by atoms with Gasteiger partial charge in [0.05, 0.1) is 24.8 Å². The van der Waals surface area contributed by atoms with Gasteiger partial charge in [0.25, 0.3) is 5.91 Å². The zero-order valence-electron chi connectivity index (χ0n) is 15.2. The summed E-state index contributed by atoms with van der Waals surface area (Å²) in [6, 6.07) is 8.91. The van der Waals surface area contributed by atoms with Crippen LogP contribution < -0.4 is 10.1 Å². The van der Waals surface area contributed by atoms with E-state index in [0.717, 1.165) is 0 Å². The number of carbonyl (C=O) groups excluding carboxylic acids is 3. The number of phenols is 1. The predicted molar refractivity (Wildman–Crippen MR) is 97.5 cm³/mol. The van der Waals surface area contributed by atoms with Crippen molar-refractivity contribution in [3.63, 3.8) is 0 Å². The van der Waals surface area contributed by atoms with Crippen molar-refractivity contribution in [1.29, 1.82) is 0 Å². The second kappa shape index (κ2) is 6.75. The summed E-state index contributed by atoms with van der Waals surface area (Å²) in [5.41, 5.74) is -0.0211. The molecule has 2 N–H and O–H groups in total. The summed E-state index contributed by atoms with van der Waals surface area (Å²) in [6.45, 7) is 3.65. The van der Waals surface area contributed by atoms with E-state index in [4.69, 9.17) is 4.74 Å². The van der Waals surface area contributed by atoms with Crippen LogP contribution in [0.25, 0.3) is 0 Å². The molecule has 0 saturated heterocycles. The molecule has 0 atom stereocenters. The molecule has 0 bridgehead atoms. The number of aromatic hydroxyl groups is 1. The maximum absolute atomic E-state index is 12.5. The molecule has 1 aliphatic heterocycles. The van der Waals surface area contributed by atoms with E-state index in [1.165, 1.54) is 37.4 Å². The number of carbonyl (C=O) groups is 3. The fraction of sp³-hybridized carbons (Fsp3) is 0.250. The lowest BCUT2D eigenvalue weighted by Gasteiger charge is -2.31. The third-order valence-corrected chi connectivity index (χ3v) is 4.20. The topological polar surface area (TPSA) is 102 Å². The van der Waals surface area contributed by atoms with Gasteiger partial charge in [-0.25, -0.2) is 4.79 Å². The van der Waals surface area contributed by atoms with Gasteiger partial charge < -0.3 is 19.9 Å². The van der Waals surface area contributed by atoms with Crippen LogP contribution in [-0.4, -0.2) is 35.5 Å². The number of hydrogen-bond acceptors (Lipinski definition) is 6. The van der Waals surface area contributed by atoms with Gasteiger partial charge in [-0.15, -0.1) is 0 Å². The molecule has 0 unspecified atom stereocenters. The molecular formula is C20H19NO6. The summed E-state index contributed by atoms with van der Waals surface area (Å²) >= 11 is 0. The highest BCUT2D eigenvalue weighted by molar-refractivity contribution is 6.09. The number of rotatable bonds is 3. The van der Waals surface area contributed by atoms with Gasteiger partial charge in [0.15, 0.2) is 11.5 Å². The molecule has 0 saturated carbocycles. The van der Waals surface area contributed by atoms with Gasteiger partial charge >= 0.3 is 5.97 Å². The summed E-state index contributed by atoms with van der Waals surface area (Å²) in [7, 11) is 1.19. The predicted octanol–water partition coefficient (Wildman–Crippen LogP) is 3.17. The number of hydrogen-bond donors (Lipinski definition) is 2. The number of fused-ring (bicyclic) bond motifs is 1. The highest BCUT2D eigenvalue weighted by Crippen LogP contribution is 2.34. The van der Waals surface area contributed by atoms with Crippen LogP contribution >= 0.6 is 0 Å². The van der Waals surface area contributed by atoms with Crippen LogP contribution in [0.3, 0.4) is 0 Å². The summed E-state index contributed by atoms with van der Waals surface area (Å²) in [4.78, 5) is 36.5. The van der Waals surface area contributed by atoms with Crippen LogP contribution in [0.1, 0.15) is 51.3 Å². The molecule has 0 aliphatic carbocycles. The zero-order valence-corrected chi connectivity index (χ0v) is 15.2. The number of Topliss-reactive ketones (excluding diaryl/α,β-unsaturated/α-hetero) is 1. The van der Waals surface area contributed by atoms with Crippen LogP contribution in [0.5, 0.6) is 11.5 Å². The van der Waals surface area contributed by atoms with Gasteiger partial charge in [0, 0.05) is 5.56 Å². The minimum atomic E-state index is -0.720. The van der Waals surface area contributed by atoms with Crippen LogP contribution in [-0.2, 0) is 4.74 Å². The average Bonchev–Trinajstić information content (AvgIpc) is 2.61. The Morgan fingerprint density at radius 3 is 2.67 bits per heavy atom. The van der Waals surface area contributed by atoms with Crippen LogP contribution in [0, 0.1) is 0 Å². The Morgan fingerprint density at radius 1 is 1.22 bits per heavy atom. The molecule has 0 radical (unpaired) electrons. The SMILES string of the molecule is COC(=O)c1cccc(NC(=O)c2ccc3c(c2)C(=O)CC(C)(C)O3)c1O. The zero-order chi connectivity index (χ0) is 19.8. The lowest BCUT2D eigenvalue weighted by atomic mass is 9.92. The maximum Gasteiger partial charge on any atom is 0.341 e. The Balaban J connectivity index is 1.87. The van der Waals surface area contributed by atoms with Gasteiger partial charge in [0.2, 0.25) is 0 Å². The smallest absolute Gasteiger partial charge is 0.341 e. The second-order valence-corrected chi connectivity index (χ2v) is 6.82. The molecular weight excluding hydrogens is 350 g/mol. The highest BCUT2D eigenvalue weighted by atomic mass is 16.5. The number of phenolic OH excluding ortho intramolecular Hbond substituents is 1. The van der Waals surface area contributed by atoms with Crippen molar-refractivity contribution in [2.24, 2.45) is 0 Å². The summed E-state index contributed by atoms with van der Waals surface area (Å²) in [5.74, 6) is -1.32. The molecule has 7 nitrogen and oxygen atoms in total. The Morgan fingerprint density at radius 2 is 1.96 bits per heavy atom. The largest absolute Gasteiger partial charge is 0.505 e. The highest BCUT2D eigenvalue weighted by Gasteiger charge is 2.32. The maximum atomic E-state index is 12.5. The first-order chi connectivity index (χ1) is 12.7. The normalized spacial score (nSPS) is 14.7. The Bertz CT molecular complexity index is 947. The van der Waals surface area contributed by atoms with Crippen LogP contribution in [0.4, 0.5) is 5.69 Å². The van der Waals surface area contributed by atoms with Gasteiger partial charge in [0.1, 0.15) is 16.9 Å². The first-order valence-electron chi connectivity index (χ1n) is 8.30. The molecule has 3 rings (SSSR count).